The third kappa shape index (κ3) is 24.0. The van der Waals surface area contributed by atoms with Crippen LogP contribution in [0.1, 0.15) is 278 Å². The minimum atomic E-state index is -0.292. The van der Waals surface area contributed by atoms with Crippen LogP contribution in [0.2, 0.25) is 0 Å². The van der Waals surface area contributed by atoms with Crippen molar-refractivity contribution in [3.63, 3.8) is 0 Å². The first-order chi connectivity index (χ1) is 46.1. The van der Waals surface area contributed by atoms with Gasteiger partial charge in [0.15, 0.2) is 0 Å². The van der Waals surface area contributed by atoms with E-state index < -0.39 is 0 Å². The van der Waals surface area contributed by atoms with Crippen molar-refractivity contribution in [2.75, 3.05) is 83.1 Å². The zero-order valence-corrected chi connectivity index (χ0v) is 68.6. The Bertz CT molecular complexity index is 2910. The fraction of sp³-hybridized carbons (Fsp3) is 0.883. The molecule has 5 fully saturated rings. The van der Waals surface area contributed by atoms with E-state index in [-0.39, 0.29) is 61.6 Å². The highest BCUT2D eigenvalue weighted by Gasteiger charge is 2.45. The van der Waals surface area contributed by atoms with Crippen molar-refractivity contribution in [2.45, 2.75) is 374 Å². The highest BCUT2D eigenvalue weighted by atomic mass is 15.4. The fourth-order valence-corrected chi connectivity index (χ4v) is 19.1. The molecule has 8 heterocycles. The van der Waals surface area contributed by atoms with Crippen molar-refractivity contribution >= 4 is 17.8 Å². The molecule has 3 aromatic heterocycles. The molecule has 0 spiro atoms. The van der Waals surface area contributed by atoms with Crippen LogP contribution in [-0.4, -0.2) is 229 Å². The Labute approximate surface area is 607 Å². The van der Waals surface area contributed by atoms with Gasteiger partial charge in [0.2, 0.25) is 17.8 Å². The number of hydrogen-bond donors (Lipinski definition) is 7. The van der Waals surface area contributed by atoms with Crippen LogP contribution in [-0.2, 0) is 39.1 Å². The summed E-state index contributed by atoms with van der Waals surface area (Å²) in [4.78, 5) is 65.8. The van der Waals surface area contributed by atoms with Crippen molar-refractivity contribution in [1.29, 1.82) is 0 Å². The number of aryl methyl sites for hydroxylation is 1. The van der Waals surface area contributed by atoms with Gasteiger partial charge in [-0.1, -0.05) is 13.8 Å². The van der Waals surface area contributed by atoms with Gasteiger partial charge in [-0.25, -0.2) is 15.0 Å². The molecule has 5 aliphatic rings. The lowest BCUT2D eigenvalue weighted by Gasteiger charge is -2.49. The molecule has 0 bridgehead atoms. The summed E-state index contributed by atoms with van der Waals surface area (Å²) >= 11 is 0. The molecule has 3 aromatic rings. The van der Waals surface area contributed by atoms with E-state index >= 15 is 0 Å². The van der Waals surface area contributed by atoms with Gasteiger partial charge in [-0.15, -0.1) is 0 Å². The number of nitrogens with zero attached hydrogens (tertiary/aromatic N) is 16. The van der Waals surface area contributed by atoms with Crippen molar-refractivity contribution in [2.24, 2.45) is 0 Å². The summed E-state index contributed by atoms with van der Waals surface area (Å²) in [6.07, 6.45) is 13.5. The van der Waals surface area contributed by atoms with Crippen LogP contribution in [0.5, 0.6) is 0 Å². The van der Waals surface area contributed by atoms with Crippen LogP contribution in [0.3, 0.4) is 0 Å². The van der Waals surface area contributed by atoms with Gasteiger partial charge in [0.1, 0.15) is 41.1 Å². The first-order valence-corrected chi connectivity index (χ1v) is 38.8. The van der Waals surface area contributed by atoms with Crippen molar-refractivity contribution in [3.8, 4) is 0 Å². The summed E-state index contributed by atoms with van der Waals surface area (Å²) < 4.78 is 0. The molecule has 1 unspecified atom stereocenters. The van der Waals surface area contributed by atoms with E-state index in [0.29, 0.717) is 93.9 Å². The number of piperidine rings is 5. The topological polar surface area (TPSA) is 223 Å². The van der Waals surface area contributed by atoms with Gasteiger partial charge < -0.3 is 47.0 Å². The smallest absolute Gasteiger partial charge is 0.230 e. The van der Waals surface area contributed by atoms with Crippen LogP contribution in [0, 0.1) is 0 Å². The largest absolute Gasteiger partial charge is 0.354 e. The lowest BCUT2D eigenvalue weighted by Crippen LogP contribution is -2.61. The Morgan fingerprint density at radius 3 is 0.880 bits per heavy atom. The van der Waals surface area contributed by atoms with Crippen molar-refractivity contribution in [1.82, 2.24) is 101 Å². The van der Waals surface area contributed by atoms with Crippen LogP contribution in [0.4, 0.5) is 17.8 Å². The first kappa shape index (κ1) is 81.7. The summed E-state index contributed by atoms with van der Waals surface area (Å²) in [5.41, 5.74) is -0.113. The van der Waals surface area contributed by atoms with E-state index in [0.717, 1.165) is 144 Å². The Balaban J connectivity index is 1.17. The summed E-state index contributed by atoms with van der Waals surface area (Å²) in [6.45, 7) is 60.0. The molecule has 8 rings (SSSR count). The monoisotopic (exact) mass is 1390 g/mol. The quantitative estimate of drug-likeness (QED) is 0.0235. The van der Waals surface area contributed by atoms with Gasteiger partial charge in [-0.3, -0.25) is 24.5 Å². The second-order valence-corrected chi connectivity index (χ2v) is 38.5. The summed E-state index contributed by atoms with van der Waals surface area (Å²) in [5, 5.41) is 27.0. The second-order valence-electron chi connectivity index (χ2n) is 38.5. The van der Waals surface area contributed by atoms with E-state index in [1.807, 2.05) is 0 Å². The zero-order valence-electron chi connectivity index (χ0n) is 68.6. The molecule has 100 heavy (non-hydrogen) atoms. The van der Waals surface area contributed by atoms with E-state index in [4.69, 9.17) is 44.9 Å². The van der Waals surface area contributed by atoms with Crippen LogP contribution >= 0.6 is 0 Å². The lowest BCUT2D eigenvalue weighted by atomic mass is 9.79. The van der Waals surface area contributed by atoms with E-state index in [1.54, 1.807) is 0 Å². The van der Waals surface area contributed by atoms with Gasteiger partial charge in [-0.2, -0.15) is 29.9 Å². The SMILES string of the molecule is CCNCCN(c1nc(CN(C)C2CC(C)(C)NC(C)(C)C2)nc(CN(C)C2CC(C)(C)NC(C)(C)C2)n1)C(C)N(CCCCCNc1nc(CC)nc(CN(C)C2CC(C)(C)NC(C)(C)C2)n1)c1nc(CN(C)C2CC(C)(C)NC(C)(C)C2)nc(CN(C)C2CC(C)(C)NC(C)(C)C2)n1. The minimum absolute atomic E-state index is 0.0215. The average Bonchev–Trinajstić information content (AvgIpc) is 0.800. The Morgan fingerprint density at radius 1 is 0.340 bits per heavy atom. The molecular weight excluding hydrogens is 1250 g/mol. The molecule has 23 heteroatoms. The molecule has 1 atom stereocenters. The minimum Gasteiger partial charge on any atom is -0.354 e. The van der Waals surface area contributed by atoms with Gasteiger partial charge in [0.25, 0.3) is 0 Å². The number of unbranched alkanes of at least 4 members (excludes halogenated alkanes) is 2. The second kappa shape index (κ2) is 32.0. The van der Waals surface area contributed by atoms with Crippen LogP contribution < -0.4 is 47.0 Å². The van der Waals surface area contributed by atoms with Gasteiger partial charge in [0, 0.05) is 118 Å². The fourth-order valence-electron chi connectivity index (χ4n) is 19.1. The molecule has 0 amide bonds. The number of nitrogens with one attached hydrogen (secondary N) is 7. The Hall–Kier alpha value is -4.01. The van der Waals surface area contributed by atoms with Crippen molar-refractivity contribution < 1.29 is 0 Å². The molecule has 568 valence electrons. The van der Waals surface area contributed by atoms with E-state index in [9.17, 15) is 0 Å². The Kier molecular flexibility index (Phi) is 26.1. The number of aromatic nitrogens is 9. The summed E-state index contributed by atoms with van der Waals surface area (Å²) in [7, 11) is 11.3. The number of hydrogen-bond acceptors (Lipinski definition) is 23. The third-order valence-corrected chi connectivity index (χ3v) is 21.9. The standard InChI is InChI=1S/C77H145N23/c1-29-59-80-60(48-94(24)54-38-68(4,5)89-69(6,7)39-54)84-65(83-59)79-34-32-31-33-36-99(66-85-61(49-95(25)55-40-70(8,9)90-71(10,11)41-55)81-62(86-66)50-96(26)56-42-72(12,13)91-73(14,15)43-56)53(3)100(37-35-78-30-2)67-87-63(51-97(27)57-44-74(16,17)92-75(18,19)45-57)82-64(88-67)52-98(28)58-46-76(20,21)93-77(22,23)47-58/h53-58,78,89-93H,29-52H2,1-28H3,(H,79,80,83,84). The summed E-state index contributed by atoms with van der Waals surface area (Å²) in [5.74, 6) is 6.81. The van der Waals surface area contributed by atoms with Crippen molar-refractivity contribution in [3.05, 3.63) is 34.9 Å². The number of anilines is 3. The molecule has 0 radical (unpaired) electrons. The molecule has 0 aliphatic carbocycles. The molecule has 5 aliphatic heterocycles. The van der Waals surface area contributed by atoms with E-state index in [1.165, 1.54) is 0 Å². The maximum absolute atomic E-state index is 5.67. The molecule has 0 aromatic carbocycles. The van der Waals surface area contributed by atoms with Crippen LogP contribution in [0.25, 0.3) is 0 Å². The molecule has 7 N–H and O–H groups in total. The van der Waals surface area contributed by atoms with E-state index in [2.05, 4.69) is 266 Å². The zero-order chi connectivity index (χ0) is 74.0. The highest BCUT2D eigenvalue weighted by Crippen LogP contribution is 2.38. The molecule has 23 nitrogen and oxygen atoms in total. The Morgan fingerprint density at radius 2 is 0.600 bits per heavy atom. The molecule has 5 saturated heterocycles. The van der Waals surface area contributed by atoms with Gasteiger partial charge in [-0.05, 0) is 271 Å². The molecule has 0 saturated carbocycles. The summed E-state index contributed by atoms with van der Waals surface area (Å²) in [6, 6.07) is 1.72. The third-order valence-electron chi connectivity index (χ3n) is 21.9. The number of likely N-dealkylation sites (N-methyl/N-ethyl adjacent to an activating group) is 1. The normalized spacial score (nSPS) is 23.2. The first-order valence-electron chi connectivity index (χ1n) is 38.8. The lowest BCUT2D eigenvalue weighted by molar-refractivity contribution is 0.0739. The maximum atomic E-state index is 5.67. The predicted molar refractivity (Wildman–Crippen MR) is 413 cm³/mol. The maximum Gasteiger partial charge on any atom is 0.230 e. The average molecular weight is 1390 g/mol. The number of rotatable bonds is 31. The molecular formula is C77H145N23. The van der Waals surface area contributed by atoms with Gasteiger partial charge in [0.05, 0.1) is 32.7 Å². The van der Waals surface area contributed by atoms with Gasteiger partial charge >= 0.3 is 0 Å². The van der Waals surface area contributed by atoms with Crippen LogP contribution in [0.15, 0.2) is 0 Å². The highest BCUT2D eigenvalue weighted by molar-refractivity contribution is 5.41. The predicted octanol–water partition coefficient (Wildman–Crippen LogP) is 10.1.